The zero-order valence-corrected chi connectivity index (χ0v) is 15.4. The van der Waals surface area contributed by atoms with Crippen LogP contribution in [0.4, 0.5) is 5.69 Å². The number of ether oxygens (including phenoxy) is 2. The molecule has 1 aromatic rings. The number of benzene rings is 1. The monoisotopic (exact) mass is 358 g/mol. The molecule has 3 fully saturated rings. The van der Waals surface area contributed by atoms with E-state index in [-0.39, 0.29) is 12.0 Å². The fourth-order valence-electron chi connectivity index (χ4n) is 4.62. The van der Waals surface area contributed by atoms with Crippen LogP contribution in [-0.4, -0.2) is 37.3 Å². The number of amides is 1. The smallest absolute Gasteiger partial charge is 0.224 e. The summed E-state index contributed by atoms with van der Waals surface area (Å²) in [6.07, 6.45) is 8.94. The average molecular weight is 358 g/mol. The Balaban J connectivity index is 1.30. The first-order valence-corrected chi connectivity index (χ1v) is 10.2. The van der Waals surface area contributed by atoms with E-state index >= 15 is 0 Å². The number of nitrogens with one attached hydrogen (secondary N) is 2. The minimum atomic E-state index is 0.0984. The standard InChI is InChI=1S/C21H30N2O3/c24-21(13-15-11-16-8-9-17(12-15)22-16)23-19-6-1-2-7-20(19)26-14-18-5-3-4-10-25-18/h1-2,6-7,15-18,22H,3-5,8-14H2,(H,23,24). The second kappa shape index (κ2) is 8.40. The molecule has 0 saturated carbocycles. The van der Waals surface area contributed by atoms with Gasteiger partial charge in [-0.15, -0.1) is 0 Å². The molecule has 0 spiro atoms. The maximum Gasteiger partial charge on any atom is 0.224 e. The molecule has 3 heterocycles. The van der Waals surface area contributed by atoms with Gasteiger partial charge in [-0.2, -0.15) is 0 Å². The van der Waals surface area contributed by atoms with Crippen LogP contribution in [0.5, 0.6) is 5.75 Å². The Hall–Kier alpha value is -1.59. The third-order valence-corrected chi connectivity index (χ3v) is 5.90. The van der Waals surface area contributed by atoms with Crippen LogP contribution >= 0.6 is 0 Å². The van der Waals surface area contributed by atoms with Crippen molar-refractivity contribution in [2.75, 3.05) is 18.5 Å². The number of fused-ring (bicyclic) bond motifs is 2. The number of carbonyl (C=O) groups is 1. The molecule has 3 aliphatic rings. The first-order valence-electron chi connectivity index (χ1n) is 10.2. The summed E-state index contributed by atoms with van der Waals surface area (Å²) in [5, 5.41) is 6.71. The second-order valence-electron chi connectivity index (χ2n) is 8.02. The normalized spacial score (nSPS) is 30.8. The van der Waals surface area contributed by atoms with Gasteiger partial charge in [0.05, 0.1) is 11.8 Å². The maximum atomic E-state index is 12.6. The highest BCUT2D eigenvalue weighted by Gasteiger charge is 2.34. The van der Waals surface area contributed by atoms with Gasteiger partial charge < -0.3 is 20.1 Å². The van der Waals surface area contributed by atoms with Gasteiger partial charge in [0.2, 0.25) is 5.91 Å². The van der Waals surface area contributed by atoms with Gasteiger partial charge in [0.15, 0.2) is 0 Å². The van der Waals surface area contributed by atoms with E-state index < -0.39 is 0 Å². The van der Waals surface area contributed by atoms with Crippen LogP contribution in [0.1, 0.15) is 51.4 Å². The molecule has 0 radical (unpaired) electrons. The predicted molar refractivity (Wildman–Crippen MR) is 101 cm³/mol. The van der Waals surface area contributed by atoms with E-state index in [1.165, 1.54) is 19.3 Å². The van der Waals surface area contributed by atoms with E-state index in [0.29, 0.717) is 31.0 Å². The summed E-state index contributed by atoms with van der Waals surface area (Å²) in [4.78, 5) is 12.6. The molecule has 2 bridgehead atoms. The van der Waals surface area contributed by atoms with Gasteiger partial charge in [0.25, 0.3) is 0 Å². The molecule has 142 valence electrons. The number of rotatable bonds is 6. The Bertz CT molecular complexity index is 603. The molecular weight excluding hydrogens is 328 g/mol. The van der Waals surface area contributed by atoms with E-state index in [9.17, 15) is 4.79 Å². The minimum Gasteiger partial charge on any atom is -0.489 e. The van der Waals surface area contributed by atoms with Crippen LogP contribution in [0.3, 0.4) is 0 Å². The zero-order valence-electron chi connectivity index (χ0n) is 15.4. The lowest BCUT2D eigenvalue weighted by Crippen LogP contribution is -2.39. The van der Waals surface area contributed by atoms with Crippen LogP contribution < -0.4 is 15.4 Å². The van der Waals surface area contributed by atoms with Crippen molar-refractivity contribution in [2.24, 2.45) is 5.92 Å². The van der Waals surface area contributed by atoms with Gasteiger partial charge in [-0.1, -0.05) is 12.1 Å². The highest BCUT2D eigenvalue weighted by atomic mass is 16.5. The van der Waals surface area contributed by atoms with Gasteiger partial charge in [0, 0.05) is 25.1 Å². The van der Waals surface area contributed by atoms with Gasteiger partial charge >= 0.3 is 0 Å². The van der Waals surface area contributed by atoms with E-state index in [2.05, 4.69) is 10.6 Å². The molecule has 0 aliphatic carbocycles. The van der Waals surface area contributed by atoms with Crippen molar-refractivity contribution >= 4 is 11.6 Å². The van der Waals surface area contributed by atoms with Crippen LogP contribution in [0.25, 0.3) is 0 Å². The Morgan fingerprint density at radius 2 is 1.96 bits per heavy atom. The first-order chi connectivity index (χ1) is 12.8. The lowest BCUT2D eigenvalue weighted by atomic mass is 9.89. The average Bonchev–Trinajstić information content (AvgIpc) is 3.00. The van der Waals surface area contributed by atoms with Crippen molar-refractivity contribution in [3.8, 4) is 5.75 Å². The Morgan fingerprint density at radius 1 is 1.15 bits per heavy atom. The molecule has 3 saturated heterocycles. The highest BCUT2D eigenvalue weighted by Crippen LogP contribution is 2.33. The van der Waals surface area contributed by atoms with E-state index in [4.69, 9.17) is 9.47 Å². The number of hydrogen-bond acceptors (Lipinski definition) is 4. The third-order valence-electron chi connectivity index (χ3n) is 5.90. The molecule has 26 heavy (non-hydrogen) atoms. The number of para-hydroxylation sites is 2. The molecule has 4 rings (SSSR count). The van der Waals surface area contributed by atoms with Crippen LogP contribution in [0, 0.1) is 5.92 Å². The molecule has 3 unspecified atom stereocenters. The topological polar surface area (TPSA) is 59.6 Å². The molecule has 3 aliphatic heterocycles. The molecule has 0 aromatic heterocycles. The summed E-state index contributed by atoms with van der Waals surface area (Å²) in [5.41, 5.74) is 0.769. The maximum absolute atomic E-state index is 12.6. The molecular formula is C21H30N2O3. The highest BCUT2D eigenvalue weighted by molar-refractivity contribution is 5.92. The van der Waals surface area contributed by atoms with Gasteiger partial charge in [0.1, 0.15) is 12.4 Å². The quantitative estimate of drug-likeness (QED) is 0.817. The second-order valence-corrected chi connectivity index (χ2v) is 8.02. The molecule has 5 nitrogen and oxygen atoms in total. The summed E-state index contributed by atoms with van der Waals surface area (Å²) < 4.78 is 11.7. The SMILES string of the molecule is O=C(CC1CC2CCC(C1)N2)Nc1ccccc1OCC1CCCCO1. The molecule has 1 amide bonds. The zero-order chi connectivity index (χ0) is 17.8. The Kier molecular flexibility index (Phi) is 5.75. The molecule has 2 N–H and O–H groups in total. The molecule has 5 heteroatoms. The van der Waals surface area contributed by atoms with Gasteiger partial charge in [-0.3, -0.25) is 4.79 Å². The summed E-state index contributed by atoms with van der Waals surface area (Å²) in [6, 6.07) is 8.96. The van der Waals surface area contributed by atoms with Crippen LogP contribution in [-0.2, 0) is 9.53 Å². The Morgan fingerprint density at radius 3 is 2.73 bits per heavy atom. The van der Waals surface area contributed by atoms with Gasteiger partial charge in [-0.05, 0) is 63.0 Å². The van der Waals surface area contributed by atoms with Crippen LogP contribution in [0.2, 0.25) is 0 Å². The van der Waals surface area contributed by atoms with Crippen molar-refractivity contribution in [1.82, 2.24) is 5.32 Å². The van der Waals surface area contributed by atoms with Crippen molar-refractivity contribution in [2.45, 2.75) is 69.6 Å². The third kappa shape index (κ3) is 4.57. The fourth-order valence-corrected chi connectivity index (χ4v) is 4.62. The number of hydrogen-bond donors (Lipinski definition) is 2. The molecule has 3 atom stereocenters. The number of carbonyl (C=O) groups excluding carboxylic acids is 1. The summed E-state index contributed by atoms with van der Waals surface area (Å²) >= 11 is 0. The Labute approximate surface area is 155 Å². The van der Waals surface area contributed by atoms with Crippen molar-refractivity contribution in [3.63, 3.8) is 0 Å². The fraction of sp³-hybridized carbons (Fsp3) is 0.667. The predicted octanol–water partition coefficient (Wildman–Crippen LogP) is 3.49. The van der Waals surface area contributed by atoms with E-state index in [1.54, 1.807) is 0 Å². The lowest BCUT2D eigenvalue weighted by molar-refractivity contribution is -0.117. The minimum absolute atomic E-state index is 0.0984. The summed E-state index contributed by atoms with van der Waals surface area (Å²) in [5.74, 6) is 1.33. The number of anilines is 1. The lowest BCUT2D eigenvalue weighted by Gasteiger charge is -2.28. The van der Waals surface area contributed by atoms with E-state index in [0.717, 1.165) is 43.7 Å². The van der Waals surface area contributed by atoms with Crippen molar-refractivity contribution < 1.29 is 14.3 Å². The van der Waals surface area contributed by atoms with Crippen molar-refractivity contribution in [3.05, 3.63) is 24.3 Å². The van der Waals surface area contributed by atoms with Crippen LogP contribution in [0.15, 0.2) is 24.3 Å². The summed E-state index contributed by atoms with van der Waals surface area (Å²) in [6.45, 7) is 1.37. The van der Waals surface area contributed by atoms with Gasteiger partial charge in [-0.25, -0.2) is 0 Å². The van der Waals surface area contributed by atoms with E-state index in [1.807, 2.05) is 24.3 Å². The van der Waals surface area contributed by atoms with Crippen molar-refractivity contribution in [1.29, 1.82) is 0 Å². The largest absolute Gasteiger partial charge is 0.489 e. The summed E-state index contributed by atoms with van der Waals surface area (Å²) in [7, 11) is 0. The first kappa shape index (κ1) is 17.8. The molecule has 1 aromatic carbocycles. The number of piperidine rings is 1.